The minimum atomic E-state index is -3.54. The quantitative estimate of drug-likeness (QED) is 0.689. The molecule has 150 valence electrons. The first-order valence-corrected chi connectivity index (χ1v) is 9.87. The number of hydrogen-bond donors (Lipinski definition) is 2. The van der Waals surface area contributed by atoms with Crippen LogP contribution in [-0.4, -0.2) is 35.0 Å². The Hall–Kier alpha value is -2.78. The number of nitrogens with one attached hydrogen (secondary N) is 2. The number of anilines is 2. The lowest BCUT2D eigenvalue weighted by molar-refractivity contribution is -0.111. The fourth-order valence-corrected chi connectivity index (χ4v) is 3.49. The number of nitrogens with zero attached hydrogens (tertiary/aromatic N) is 1. The van der Waals surface area contributed by atoms with Crippen LogP contribution in [0.1, 0.15) is 12.5 Å². The highest BCUT2D eigenvalue weighted by molar-refractivity contribution is 7.89. The Balaban J connectivity index is 2.08. The van der Waals surface area contributed by atoms with E-state index in [1.165, 1.54) is 43.3 Å². The Morgan fingerprint density at radius 3 is 2.18 bits per heavy atom. The summed E-state index contributed by atoms with van der Waals surface area (Å²) in [5.74, 6) is -2.16. The molecule has 0 unspecified atom stereocenters. The fraction of sp³-hybridized carbons (Fsp3) is 0.211. The molecule has 0 saturated heterocycles. The zero-order chi connectivity index (χ0) is 20.9. The first-order valence-electron chi connectivity index (χ1n) is 8.39. The van der Waals surface area contributed by atoms with Crippen molar-refractivity contribution in [1.29, 1.82) is 0 Å². The molecule has 2 aromatic carbocycles. The molecule has 9 heteroatoms. The fourth-order valence-electron chi connectivity index (χ4n) is 2.45. The lowest BCUT2D eigenvalue weighted by Crippen LogP contribution is -2.22. The zero-order valence-electron chi connectivity index (χ0n) is 15.7. The van der Waals surface area contributed by atoms with Gasteiger partial charge in [-0.05, 0) is 35.9 Å². The van der Waals surface area contributed by atoms with E-state index in [4.69, 9.17) is 0 Å². The van der Waals surface area contributed by atoms with E-state index in [0.717, 1.165) is 12.1 Å². The average Bonchev–Trinajstić information content (AvgIpc) is 2.59. The molecule has 0 spiro atoms. The van der Waals surface area contributed by atoms with Gasteiger partial charge in [-0.25, -0.2) is 21.9 Å². The number of benzene rings is 2. The second kappa shape index (κ2) is 8.94. The maximum absolute atomic E-state index is 13.9. The van der Waals surface area contributed by atoms with Gasteiger partial charge in [0.1, 0.15) is 5.69 Å². The standard InChI is InChI=1S/C19H21F2N3O3S/c1-4-22-28(26,27)15-8-5-13(6-9-15)7-10-18(25)23-14-11-16(20)19(24(2)3)17(21)12-14/h5-12,22H,4H2,1-3H3,(H,23,25). The number of carbonyl (C=O) groups excluding carboxylic acids is 1. The van der Waals surface area contributed by atoms with E-state index in [9.17, 15) is 22.0 Å². The third kappa shape index (κ3) is 5.37. The lowest BCUT2D eigenvalue weighted by Gasteiger charge is -2.15. The summed E-state index contributed by atoms with van der Waals surface area (Å²) in [6.07, 6.45) is 2.64. The minimum absolute atomic E-state index is 0.0117. The van der Waals surface area contributed by atoms with Gasteiger partial charge in [0.2, 0.25) is 15.9 Å². The van der Waals surface area contributed by atoms with Crippen LogP contribution in [0.4, 0.5) is 20.2 Å². The van der Waals surface area contributed by atoms with Crippen molar-refractivity contribution in [2.24, 2.45) is 0 Å². The van der Waals surface area contributed by atoms with Crippen LogP contribution in [0.15, 0.2) is 47.4 Å². The third-order valence-corrected chi connectivity index (χ3v) is 5.25. The Labute approximate surface area is 162 Å². The summed E-state index contributed by atoms with van der Waals surface area (Å²) in [5.41, 5.74) is 0.384. The van der Waals surface area contributed by atoms with Gasteiger partial charge in [-0.2, -0.15) is 0 Å². The molecule has 0 bridgehead atoms. The van der Waals surface area contributed by atoms with Gasteiger partial charge >= 0.3 is 0 Å². The third-order valence-electron chi connectivity index (χ3n) is 3.68. The van der Waals surface area contributed by atoms with E-state index >= 15 is 0 Å². The molecule has 28 heavy (non-hydrogen) atoms. The average molecular weight is 409 g/mol. The molecule has 0 aliphatic carbocycles. The van der Waals surface area contributed by atoms with Crippen LogP contribution < -0.4 is 14.9 Å². The number of rotatable bonds is 7. The summed E-state index contributed by atoms with van der Waals surface area (Å²) in [6, 6.07) is 7.98. The van der Waals surface area contributed by atoms with Crippen molar-refractivity contribution in [1.82, 2.24) is 4.72 Å². The maximum Gasteiger partial charge on any atom is 0.248 e. The highest BCUT2D eigenvalue weighted by atomic mass is 32.2. The van der Waals surface area contributed by atoms with Crippen molar-refractivity contribution >= 4 is 33.4 Å². The molecule has 0 aliphatic rings. The van der Waals surface area contributed by atoms with E-state index in [0.29, 0.717) is 5.56 Å². The Morgan fingerprint density at radius 1 is 1.11 bits per heavy atom. The SMILES string of the molecule is CCNS(=O)(=O)c1ccc(C=CC(=O)Nc2cc(F)c(N(C)C)c(F)c2)cc1. The van der Waals surface area contributed by atoms with Crippen molar-refractivity contribution < 1.29 is 22.0 Å². The summed E-state index contributed by atoms with van der Waals surface area (Å²) < 4.78 is 54.0. The van der Waals surface area contributed by atoms with E-state index in [2.05, 4.69) is 10.0 Å². The molecular formula is C19H21F2N3O3S. The number of hydrogen-bond acceptors (Lipinski definition) is 4. The van der Waals surface area contributed by atoms with E-state index in [-0.39, 0.29) is 22.8 Å². The monoisotopic (exact) mass is 409 g/mol. The number of sulfonamides is 1. The lowest BCUT2D eigenvalue weighted by atomic mass is 10.2. The Morgan fingerprint density at radius 2 is 1.68 bits per heavy atom. The second-order valence-corrected chi connectivity index (χ2v) is 7.84. The van der Waals surface area contributed by atoms with Gasteiger partial charge in [0.25, 0.3) is 0 Å². The minimum Gasteiger partial charge on any atom is -0.373 e. The normalized spacial score (nSPS) is 11.6. The molecule has 0 aromatic heterocycles. The van der Waals surface area contributed by atoms with Crippen molar-refractivity contribution in [3.8, 4) is 0 Å². The predicted molar refractivity (Wildman–Crippen MR) is 106 cm³/mol. The van der Waals surface area contributed by atoms with Gasteiger partial charge in [-0.3, -0.25) is 4.79 Å². The van der Waals surface area contributed by atoms with Gasteiger partial charge in [-0.15, -0.1) is 0 Å². The van der Waals surface area contributed by atoms with Gasteiger partial charge < -0.3 is 10.2 Å². The molecule has 0 fully saturated rings. The smallest absolute Gasteiger partial charge is 0.248 e. The molecular weight excluding hydrogens is 388 g/mol. The van der Waals surface area contributed by atoms with Crippen LogP contribution >= 0.6 is 0 Å². The first-order chi connectivity index (χ1) is 13.1. The number of halogens is 2. The van der Waals surface area contributed by atoms with Crippen molar-refractivity contribution in [3.63, 3.8) is 0 Å². The van der Waals surface area contributed by atoms with Crippen LogP contribution in [0, 0.1) is 11.6 Å². The van der Waals surface area contributed by atoms with Crippen LogP contribution in [0.3, 0.4) is 0 Å². The number of carbonyl (C=O) groups is 1. The van der Waals surface area contributed by atoms with E-state index in [1.54, 1.807) is 19.1 Å². The molecule has 0 heterocycles. The largest absolute Gasteiger partial charge is 0.373 e. The first kappa shape index (κ1) is 21.5. The molecule has 2 aromatic rings. The maximum atomic E-state index is 13.9. The molecule has 2 rings (SSSR count). The van der Waals surface area contributed by atoms with Gasteiger partial charge in [0.15, 0.2) is 11.6 Å². The van der Waals surface area contributed by atoms with Gasteiger partial charge in [0.05, 0.1) is 4.90 Å². The van der Waals surface area contributed by atoms with Gasteiger partial charge in [0, 0.05) is 32.4 Å². The summed E-state index contributed by atoms with van der Waals surface area (Å²) >= 11 is 0. The number of amides is 1. The summed E-state index contributed by atoms with van der Waals surface area (Å²) in [5, 5.41) is 2.38. The summed E-state index contributed by atoms with van der Waals surface area (Å²) in [6.45, 7) is 1.96. The highest BCUT2D eigenvalue weighted by Crippen LogP contribution is 2.25. The second-order valence-electron chi connectivity index (χ2n) is 6.08. The summed E-state index contributed by atoms with van der Waals surface area (Å²) in [4.78, 5) is 13.4. The van der Waals surface area contributed by atoms with E-state index < -0.39 is 27.6 Å². The van der Waals surface area contributed by atoms with Crippen molar-refractivity contribution in [2.75, 3.05) is 30.9 Å². The van der Waals surface area contributed by atoms with Crippen LogP contribution in [0.5, 0.6) is 0 Å². The van der Waals surface area contributed by atoms with Crippen LogP contribution in [-0.2, 0) is 14.8 Å². The van der Waals surface area contributed by atoms with Crippen molar-refractivity contribution in [3.05, 3.63) is 59.7 Å². The predicted octanol–water partition coefficient (Wildman–Crippen LogP) is 2.98. The van der Waals surface area contributed by atoms with Crippen LogP contribution in [0.2, 0.25) is 0 Å². The molecule has 1 amide bonds. The molecule has 6 nitrogen and oxygen atoms in total. The topological polar surface area (TPSA) is 78.5 Å². The molecule has 2 N–H and O–H groups in total. The molecule has 0 radical (unpaired) electrons. The van der Waals surface area contributed by atoms with Crippen molar-refractivity contribution in [2.45, 2.75) is 11.8 Å². The Bertz CT molecular complexity index is 965. The van der Waals surface area contributed by atoms with Crippen LogP contribution in [0.25, 0.3) is 6.08 Å². The highest BCUT2D eigenvalue weighted by Gasteiger charge is 2.14. The van der Waals surface area contributed by atoms with Gasteiger partial charge in [-0.1, -0.05) is 19.1 Å². The Kier molecular flexibility index (Phi) is 6.87. The van der Waals surface area contributed by atoms with E-state index in [1.807, 2.05) is 0 Å². The molecule has 0 aliphatic heterocycles. The summed E-state index contributed by atoms with van der Waals surface area (Å²) in [7, 11) is -0.522. The zero-order valence-corrected chi connectivity index (χ0v) is 16.5. The molecule has 0 atom stereocenters. The molecule has 0 saturated carbocycles.